The number of hydrogen-bond acceptors (Lipinski definition) is 3. The number of aryl methyl sites for hydroxylation is 2. The van der Waals surface area contributed by atoms with Crippen molar-refractivity contribution in [2.45, 2.75) is 13.8 Å². The molecule has 0 aliphatic carbocycles. The van der Waals surface area contributed by atoms with E-state index in [1.807, 2.05) is 26.0 Å². The number of phenolic OH excluding ortho intramolecular Hbond substituents is 1. The van der Waals surface area contributed by atoms with E-state index in [1.54, 1.807) is 12.3 Å². The Kier molecular flexibility index (Phi) is 2.00. The Hall–Kier alpha value is -1.77. The van der Waals surface area contributed by atoms with Crippen molar-refractivity contribution in [2.24, 2.45) is 0 Å². The lowest BCUT2D eigenvalue weighted by Gasteiger charge is -2.02. The Labute approximate surface area is 82.0 Å². The third-order valence-corrected chi connectivity index (χ3v) is 2.15. The van der Waals surface area contributed by atoms with E-state index in [0.717, 1.165) is 16.7 Å². The zero-order chi connectivity index (χ0) is 10.1. The highest BCUT2D eigenvalue weighted by molar-refractivity contribution is 5.69. The molecular weight excluding hydrogens is 178 g/mol. The van der Waals surface area contributed by atoms with Gasteiger partial charge in [-0.1, -0.05) is 16.8 Å². The van der Waals surface area contributed by atoms with Gasteiger partial charge in [0.1, 0.15) is 17.7 Å². The summed E-state index contributed by atoms with van der Waals surface area (Å²) in [5.41, 5.74) is 3.42. The predicted molar refractivity (Wildman–Crippen MR) is 53.1 cm³/mol. The van der Waals surface area contributed by atoms with E-state index in [-0.39, 0.29) is 5.75 Å². The standard InChI is InChI=1S/C11H11NO2/c1-7-3-4-10(13)9(5-7)11-8(2)6-14-12-11/h3-6,13H,1-2H3. The lowest BCUT2D eigenvalue weighted by Crippen LogP contribution is -1.83. The summed E-state index contributed by atoms with van der Waals surface area (Å²) in [5.74, 6) is 0.229. The van der Waals surface area contributed by atoms with Crippen molar-refractivity contribution >= 4 is 0 Å². The average molecular weight is 189 g/mol. The first-order valence-electron chi connectivity index (χ1n) is 4.39. The second kappa shape index (κ2) is 3.18. The van der Waals surface area contributed by atoms with Crippen LogP contribution in [0.1, 0.15) is 11.1 Å². The van der Waals surface area contributed by atoms with Crippen LogP contribution in [-0.2, 0) is 0 Å². The summed E-state index contributed by atoms with van der Waals surface area (Å²) in [5, 5.41) is 13.5. The van der Waals surface area contributed by atoms with E-state index >= 15 is 0 Å². The van der Waals surface area contributed by atoms with Crippen molar-refractivity contribution in [1.29, 1.82) is 0 Å². The molecule has 0 aliphatic heterocycles. The predicted octanol–water partition coefficient (Wildman–Crippen LogP) is 2.66. The van der Waals surface area contributed by atoms with Crippen LogP contribution in [0.4, 0.5) is 0 Å². The first kappa shape index (κ1) is 8.81. The van der Waals surface area contributed by atoms with Gasteiger partial charge in [-0.15, -0.1) is 0 Å². The fraction of sp³-hybridized carbons (Fsp3) is 0.182. The van der Waals surface area contributed by atoms with Gasteiger partial charge in [-0.25, -0.2) is 0 Å². The molecule has 3 heteroatoms. The summed E-state index contributed by atoms with van der Waals surface area (Å²) in [6.45, 7) is 3.87. The van der Waals surface area contributed by atoms with Crippen LogP contribution in [0.15, 0.2) is 29.0 Å². The molecule has 0 radical (unpaired) electrons. The Morgan fingerprint density at radius 3 is 2.71 bits per heavy atom. The molecule has 1 aromatic carbocycles. The van der Waals surface area contributed by atoms with Gasteiger partial charge in [0.15, 0.2) is 0 Å². The van der Waals surface area contributed by atoms with E-state index in [9.17, 15) is 5.11 Å². The number of benzene rings is 1. The topological polar surface area (TPSA) is 46.3 Å². The molecule has 0 saturated carbocycles. The molecule has 2 rings (SSSR count). The van der Waals surface area contributed by atoms with E-state index < -0.39 is 0 Å². The second-order valence-electron chi connectivity index (χ2n) is 3.37. The highest BCUT2D eigenvalue weighted by Crippen LogP contribution is 2.30. The van der Waals surface area contributed by atoms with Crippen LogP contribution in [0.2, 0.25) is 0 Å². The van der Waals surface area contributed by atoms with Crippen LogP contribution in [-0.4, -0.2) is 10.3 Å². The quantitative estimate of drug-likeness (QED) is 0.750. The Bertz CT molecular complexity index is 460. The van der Waals surface area contributed by atoms with Crippen molar-refractivity contribution in [3.8, 4) is 17.0 Å². The molecule has 0 saturated heterocycles. The molecule has 1 aromatic heterocycles. The van der Waals surface area contributed by atoms with Gasteiger partial charge in [0.05, 0.1) is 0 Å². The van der Waals surface area contributed by atoms with Crippen molar-refractivity contribution in [2.75, 3.05) is 0 Å². The third kappa shape index (κ3) is 1.37. The van der Waals surface area contributed by atoms with Gasteiger partial charge < -0.3 is 9.63 Å². The fourth-order valence-corrected chi connectivity index (χ4v) is 1.39. The Morgan fingerprint density at radius 1 is 1.29 bits per heavy atom. The van der Waals surface area contributed by atoms with Crippen LogP contribution in [0, 0.1) is 13.8 Å². The molecule has 0 atom stereocenters. The number of aromatic nitrogens is 1. The van der Waals surface area contributed by atoms with Crippen LogP contribution >= 0.6 is 0 Å². The summed E-state index contributed by atoms with van der Waals surface area (Å²) in [4.78, 5) is 0. The van der Waals surface area contributed by atoms with E-state index in [1.165, 1.54) is 0 Å². The van der Waals surface area contributed by atoms with Gasteiger partial charge in [0, 0.05) is 11.1 Å². The maximum absolute atomic E-state index is 9.65. The molecule has 0 amide bonds. The number of hydrogen-bond donors (Lipinski definition) is 1. The Morgan fingerprint density at radius 2 is 2.07 bits per heavy atom. The minimum atomic E-state index is 0.229. The maximum Gasteiger partial charge on any atom is 0.127 e. The van der Waals surface area contributed by atoms with Crippen molar-refractivity contribution in [3.05, 3.63) is 35.6 Å². The molecule has 1 N–H and O–H groups in total. The number of rotatable bonds is 1. The largest absolute Gasteiger partial charge is 0.507 e. The van der Waals surface area contributed by atoms with Crippen LogP contribution in [0.25, 0.3) is 11.3 Å². The fourth-order valence-electron chi connectivity index (χ4n) is 1.39. The van der Waals surface area contributed by atoms with Gasteiger partial charge >= 0.3 is 0 Å². The first-order valence-corrected chi connectivity index (χ1v) is 4.39. The molecule has 14 heavy (non-hydrogen) atoms. The molecule has 0 aliphatic rings. The van der Waals surface area contributed by atoms with Gasteiger partial charge in [-0.3, -0.25) is 0 Å². The SMILES string of the molecule is Cc1ccc(O)c(-c2nocc2C)c1. The third-order valence-electron chi connectivity index (χ3n) is 2.15. The van der Waals surface area contributed by atoms with Crippen LogP contribution < -0.4 is 0 Å². The zero-order valence-electron chi connectivity index (χ0n) is 8.11. The van der Waals surface area contributed by atoms with Crippen molar-refractivity contribution < 1.29 is 9.63 Å². The second-order valence-corrected chi connectivity index (χ2v) is 3.37. The summed E-state index contributed by atoms with van der Waals surface area (Å²) >= 11 is 0. The summed E-state index contributed by atoms with van der Waals surface area (Å²) < 4.78 is 4.83. The van der Waals surface area contributed by atoms with Gasteiger partial charge in [0.25, 0.3) is 0 Å². The molecule has 0 fully saturated rings. The smallest absolute Gasteiger partial charge is 0.127 e. The lowest BCUT2D eigenvalue weighted by molar-refractivity contribution is 0.420. The minimum Gasteiger partial charge on any atom is -0.507 e. The molecular formula is C11H11NO2. The highest BCUT2D eigenvalue weighted by Gasteiger charge is 2.10. The normalized spacial score (nSPS) is 10.4. The zero-order valence-corrected chi connectivity index (χ0v) is 8.11. The van der Waals surface area contributed by atoms with Gasteiger partial charge in [-0.05, 0) is 26.0 Å². The number of aromatic hydroxyl groups is 1. The van der Waals surface area contributed by atoms with Crippen LogP contribution in [0.5, 0.6) is 5.75 Å². The number of nitrogens with zero attached hydrogens (tertiary/aromatic N) is 1. The molecule has 2 aromatic rings. The average Bonchev–Trinajstić information content (AvgIpc) is 2.56. The van der Waals surface area contributed by atoms with Crippen LogP contribution in [0.3, 0.4) is 0 Å². The molecule has 0 spiro atoms. The van der Waals surface area contributed by atoms with Crippen molar-refractivity contribution in [3.63, 3.8) is 0 Å². The monoisotopic (exact) mass is 189 g/mol. The minimum absolute atomic E-state index is 0.229. The maximum atomic E-state index is 9.65. The molecule has 1 heterocycles. The van der Waals surface area contributed by atoms with E-state index in [2.05, 4.69) is 5.16 Å². The van der Waals surface area contributed by atoms with E-state index in [0.29, 0.717) is 5.69 Å². The molecule has 0 unspecified atom stereocenters. The van der Waals surface area contributed by atoms with Gasteiger partial charge in [-0.2, -0.15) is 0 Å². The summed E-state index contributed by atoms with van der Waals surface area (Å²) in [7, 11) is 0. The summed E-state index contributed by atoms with van der Waals surface area (Å²) in [6, 6.07) is 5.41. The first-order chi connectivity index (χ1) is 6.68. The molecule has 0 bridgehead atoms. The molecule has 72 valence electrons. The molecule has 3 nitrogen and oxygen atoms in total. The highest BCUT2D eigenvalue weighted by atomic mass is 16.5. The van der Waals surface area contributed by atoms with Crippen molar-refractivity contribution in [1.82, 2.24) is 5.16 Å². The lowest BCUT2D eigenvalue weighted by atomic mass is 10.1. The van der Waals surface area contributed by atoms with Gasteiger partial charge in [0.2, 0.25) is 0 Å². The number of phenols is 1. The van der Waals surface area contributed by atoms with E-state index in [4.69, 9.17) is 4.52 Å². The Balaban J connectivity index is 2.62. The summed E-state index contributed by atoms with van der Waals surface area (Å²) in [6.07, 6.45) is 1.57.